The van der Waals surface area contributed by atoms with Crippen LogP contribution in [0.4, 0.5) is 0 Å². The van der Waals surface area contributed by atoms with Crippen molar-refractivity contribution in [2.24, 2.45) is 0 Å². The normalized spacial score (nSPS) is 13.1. The molecule has 0 saturated heterocycles. The molecule has 0 unspecified atom stereocenters. The zero-order valence-electron chi connectivity index (χ0n) is 34.5. The highest BCUT2D eigenvalue weighted by molar-refractivity contribution is 8.00. The second-order valence-electron chi connectivity index (χ2n) is 16.4. The second kappa shape index (κ2) is 14.6. The van der Waals surface area contributed by atoms with Crippen molar-refractivity contribution < 1.29 is 0 Å². The third kappa shape index (κ3) is 5.51. The molecule has 0 atom stereocenters. The van der Waals surface area contributed by atoms with Gasteiger partial charge in [-0.15, -0.1) is 0 Å². The first-order valence-corrected chi connectivity index (χ1v) is 22.5. The van der Waals surface area contributed by atoms with Gasteiger partial charge in [0.1, 0.15) is 0 Å². The third-order valence-corrected chi connectivity index (χ3v) is 14.3. The minimum absolute atomic E-state index is 0.558. The van der Waals surface area contributed by atoms with Gasteiger partial charge in [-0.05, 0) is 50.6 Å². The van der Waals surface area contributed by atoms with Gasteiger partial charge in [0.25, 0.3) is 0 Å². The molecule has 11 aromatic rings. The van der Waals surface area contributed by atoms with Gasteiger partial charge in [-0.1, -0.05) is 224 Å². The summed E-state index contributed by atoms with van der Waals surface area (Å²) in [7, 11) is 0. The molecule has 1 spiro atoms. The molecular formula is C59H36N4S. The summed E-state index contributed by atoms with van der Waals surface area (Å²) in [6.07, 6.45) is 0. The number of aromatic nitrogens is 4. The van der Waals surface area contributed by atoms with Crippen LogP contribution in [-0.2, 0) is 5.41 Å². The van der Waals surface area contributed by atoms with Gasteiger partial charge in [0.2, 0.25) is 0 Å². The van der Waals surface area contributed by atoms with Gasteiger partial charge in [0.15, 0.2) is 17.5 Å². The van der Waals surface area contributed by atoms with E-state index >= 15 is 0 Å². The average molecular weight is 833 g/mol. The van der Waals surface area contributed by atoms with Crippen LogP contribution < -0.4 is 0 Å². The van der Waals surface area contributed by atoms with Crippen molar-refractivity contribution in [2.45, 2.75) is 15.2 Å². The molecule has 3 heterocycles. The highest BCUT2D eigenvalue weighted by Crippen LogP contribution is 2.64. The van der Waals surface area contributed by atoms with E-state index in [1.54, 1.807) is 0 Å². The predicted octanol–water partition coefficient (Wildman–Crippen LogP) is 14.7. The smallest absolute Gasteiger partial charge is 0.164 e. The first-order valence-electron chi connectivity index (χ1n) is 21.6. The van der Waals surface area contributed by atoms with Crippen molar-refractivity contribution in [3.63, 3.8) is 0 Å². The molecule has 9 aromatic carbocycles. The number of hydrogen-bond donors (Lipinski definition) is 0. The number of nitrogens with zero attached hydrogens (tertiary/aromatic N) is 4. The Bertz CT molecular complexity index is 3520. The average Bonchev–Trinajstić information content (AvgIpc) is 3.67. The van der Waals surface area contributed by atoms with Gasteiger partial charge in [0, 0.05) is 48.2 Å². The molecule has 64 heavy (non-hydrogen) atoms. The number of fused-ring (bicyclic) bond motifs is 13. The van der Waals surface area contributed by atoms with Crippen LogP contribution in [0.25, 0.3) is 89.4 Å². The summed E-state index contributed by atoms with van der Waals surface area (Å²) in [5.41, 5.74) is 15.5. The second-order valence-corrected chi connectivity index (χ2v) is 17.5. The Hall–Kier alpha value is -7.99. The fourth-order valence-electron chi connectivity index (χ4n) is 10.2. The molecule has 0 fully saturated rings. The van der Waals surface area contributed by atoms with Crippen molar-refractivity contribution in [3.8, 4) is 67.7 Å². The number of rotatable bonds is 5. The summed E-state index contributed by atoms with van der Waals surface area (Å²) in [5.74, 6) is 1.93. The van der Waals surface area contributed by atoms with E-state index in [2.05, 4.69) is 158 Å². The number of benzene rings is 9. The number of hydrogen-bond acceptors (Lipinski definition) is 5. The molecule has 2 aromatic heterocycles. The highest BCUT2D eigenvalue weighted by atomic mass is 32.2. The third-order valence-electron chi connectivity index (χ3n) is 13.0. The van der Waals surface area contributed by atoms with E-state index in [-0.39, 0.29) is 0 Å². The van der Waals surface area contributed by atoms with E-state index < -0.39 is 5.41 Å². The van der Waals surface area contributed by atoms with E-state index in [1.165, 1.54) is 54.1 Å². The summed E-state index contributed by atoms with van der Waals surface area (Å²) in [5, 5.41) is 3.55. The van der Waals surface area contributed by atoms with Crippen molar-refractivity contribution in [2.75, 3.05) is 0 Å². The standard InChI is InChI=1S/C59H36N4S/c1-4-17-38(18-5-1)53-46-35-36-50-55(52(46)45-25-12-15-30-51(45)60-53)64-54-42(26-16-29-49(54)59(50)47-27-13-10-23-43(47)44-24-11-14-28-48(44)59)37-31-33-41(34-32-37)58-62-56(39-19-6-2-7-20-39)61-57(63-58)40-21-8-3-9-22-40/h1-36H. The van der Waals surface area contributed by atoms with Crippen LogP contribution in [-0.4, -0.2) is 19.9 Å². The molecule has 0 bridgehead atoms. The Morgan fingerprint density at radius 3 is 1.39 bits per heavy atom. The van der Waals surface area contributed by atoms with Gasteiger partial charge in [-0.3, -0.25) is 0 Å². The molecule has 0 amide bonds. The van der Waals surface area contributed by atoms with Crippen molar-refractivity contribution in [1.29, 1.82) is 0 Å². The lowest BCUT2D eigenvalue weighted by atomic mass is 9.66. The van der Waals surface area contributed by atoms with Crippen LogP contribution in [0.3, 0.4) is 0 Å². The Labute approximate surface area is 375 Å². The summed E-state index contributed by atoms with van der Waals surface area (Å²) < 4.78 is 0. The zero-order valence-corrected chi connectivity index (χ0v) is 35.3. The van der Waals surface area contributed by atoms with Crippen LogP contribution in [0.15, 0.2) is 228 Å². The summed E-state index contributed by atoms with van der Waals surface area (Å²) in [4.78, 5) is 22.9. The van der Waals surface area contributed by atoms with Crippen LogP contribution >= 0.6 is 11.8 Å². The fraction of sp³-hybridized carbons (Fsp3) is 0.0169. The fourth-order valence-corrected chi connectivity index (χ4v) is 11.7. The van der Waals surface area contributed by atoms with Crippen LogP contribution in [0.5, 0.6) is 0 Å². The van der Waals surface area contributed by atoms with Crippen molar-refractivity contribution >= 4 is 33.4 Å². The van der Waals surface area contributed by atoms with Crippen LogP contribution in [0, 0.1) is 0 Å². The maximum Gasteiger partial charge on any atom is 0.164 e. The van der Waals surface area contributed by atoms with Gasteiger partial charge in [-0.2, -0.15) is 0 Å². The maximum atomic E-state index is 5.35. The lowest BCUT2D eigenvalue weighted by Crippen LogP contribution is -2.32. The SMILES string of the molecule is c1ccc(-c2nc(-c3ccccc3)nc(-c3ccc(-c4cccc5c4Sc4c(ccc6c(-c7ccccc7)nc7ccccc7c46)C54c5ccccc5-c5ccccc54)cc3)n2)cc1. The molecule has 1 aliphatic heterocycles. The quantitative estimate of drug-likeness (QED) is 0.162. The predicted molar refractivity (Wildman–Crippen MR) is 261 cm³/mol. The molecule has 1 aliphatic carbocycles. The molecule has 13 rings (SSSR count). The Morgan fingerprint density at radius 2 is 0.766 bits per heavy atom. The monoisotopic (exact) mass is 832 g/mol. The first-order chi connectivity index (χ1) is 31.7. The van der Waals surface area contributed by atoms with Gasteiger partial charge in [-0.25, -0.2) is 19.9 Å². The van der Waals surface area contributed by atoms with E-state index in [0.29, 0.717) is 17.5 Å². The lowest BCUT2D eigenvalue weighted by molar-refractivity contribution is 0.727. The molecule has 2 aliphatic rings. The maximum absolute atomic E-state index is 5.35. The minimum atomic E-state index is -0.558. The Morgan fingerprint density at radius 1 is 0.297 bits per heavy atom. The van der Waals surface area contributed by atoms with Gasteiger partial charge in [0.05, 0.1) is 16.6 Å². The molecule has 0 radical (unpaired) electrons. The van der Waals surface area contributed by atoms with Crippen molar-refractivity contribution in [1.82, 2.24) is 19.9 Å². The van der Waals surface area contributed by atoms with E-state index in [9.17, 15) is 0 Å². The summed E-state index contributed by atoms with van der Waals surface area (Å²) in [6, 6.07) is 78.0. The van der Waals surface area contributed by atoms with Crippen LogP contribution in [0.1, 0.15) is 22.3 Å². The van der Waals surface area contributed by atoms with Gasteiger partial charge >= 0.3 is 0 Å². The van der Waals surface area contributed by atoms with Crippen molar-refractivity contribution in [3.05, 3.63) is 241 Å². The number of pyridine rings is 1. The summed E-state index contributed by atoms with van der Waals surface area (Å²) in [6.45, 7) is 0. The Balaban J connectivity index is 1.05. The Kier molecular flexibility index (Phi) is 8.33. The first kappa shape index (κ1) is 36.6. The lowest BCUT2D eigenvalue weighted by Gasteiger charge is -2.41. The highest BCUT2D eigenvalue weighted by Gasteiger charge is 2.51. The van der Waals surface area contributed by atoms with E-state index in [1.807, 2.05) is 72.4 Å². The summed E-state index contributed by atoms with van der Waals surface area (Å²) >= 11 is 1.90. The molecule has 4 nitrogen and oxygen atoms in total. The van der Waals surface area contributed by atoms with E-state index in [4.69, 9.17) is 19.9 Å². The number of para-hydroxylation sites is 1. The molecule has 0 N–H and O–H groups in total. The van der Waals surface area contributed by atoms with E-state index in [0.717, 1.165) is 49.8 Å². The zero-order chi connectivity index (χ0) is 42.2. The largest absolute Gasteiger partial charge is 0.247 e. The minimum Gasteiger partial charge on any atom is -0.247 e. The molecule has 298 valence electrons. The van der Waals surface area contributed by atoms with Crippen LogP contribution in [0.2, 0.25) is 0 Å². The molecule has 0 saturated carbocycles. The molecular weight excluding hydrogens is 797 g/mol. The topological polar surface area (TPSA) is 51.6 Å². The molecule has 5 heteroatoms. The van der Waals surface area contributed by atoms with Gasteiger partial charge < -0.3 is 0 Å².